The van der Waals surface area contributed by atoms with Crippen molar-refractivity contribution in [1.82, 2.24) is 9.71 Å². The highest BCUT2D eigenvalue weighted by molar-refractivity contribution is 7.99. The first-order valence-electron chi connectivity index (χ1n) is 6.40. The summed E-state index contributed by atoms with van der Waals surface area (Å²) in [5.41, 5.74) is 0.554. The minimum absolute atomic E-state index is 0.0856. The smallest absolute Gasteiger partial charge is 0.260 e. The molecule has 1 fully saturated rings. The molecule has 0 radical (unpaired) electrons. The number of rotatable bonds is 6. The Labute approximate surface area is 118 Å². The van der Waals surface area contributed by atoms with Crippen LogP contribution in [0.15, 0.2) is 23.4 Å². The van der Waals surface area contributed by atoms with Crippen LogP contribution >= 0.6 is 11.8 Å². The fourth-order valence-corrected chi connectivity index (χ4v) is 4.48. The molecule has 19 heavy (non-hydrogen) atoms. The van der Waals surface area contributed by atoms with Gasteiger partial charge < -0.3 is 5.32 Å². The van der Waals surface area contributed by atoms with Crippen LogP contribution in [0.2, 0.25) is 0 Å². The predicted molar refractivity (Wildman–Crippen MR) is 79.0 cm³/mol. The van der Waals surface area contributed by atoms with Crippen molar-refractivity contribution >= 4 is 27.5 Å². The van der Waals surface area contributed by atoms with E-state index in [0.717, 1.165) is 17.9 Å². The van der Waals surface area contributed by atoms with Crippen molar-refractivity contribution in [3.8, 4) is 0 Å². The largest absolute Gasteiger partial charge is 0.383 e. The molecule has 1 aliphatic heterocycles. The van der Waals surface area contributed by atoms with E-state index in [0.29, 0.717) is 24.7 Å². The molecule has 0 saturated carbocycles. The second-order valence-corrected chi connectivity index (χ2v) is 7.30. The van der Waals surface area contributed by atoms with Crippen molar-refractivity contribution in [3.05, 3.63) is 18.3 Å². The molecule has 0 aromatic carbocycles. The molecule has 1 unspecified atom stereocenters. The molecule has 1 atom stereocenters. The number of hydrogen-bond acceptors (Lipinski definition) is 5. The highest BCUT2D eigenvalue weighted by Crippen LogP contribution is 2.23. The van der Waals surface area contributed by atoms with E-state index in [-0.39, 0.29) is 5.03 Å². The Morgan fingerprint density at radius 3 is 3.05 bits per heavy atom. The summed E-state index contributed by atoms with van der Waals surface area (Å²) < 4.78 is 27.2. The van der Waals surface area contributed by atoms with Crippen LogP contribution in [-0.2, 0) is 10.0 Å². The van der Waals surface area contributed by atoms with Gasteiger partial charge in [-0.25, -0.2) is 18.1 Å². The van der Waals surface area contributed by atoms with E-state index in [9.17, 15) is 8.42 Å². The third kappa shape index (κ3) is 3.84. The standard InChI is InChI=1S/C12H19N3O2S2/c1-2-13-11-4-3-6-14-12(11)19(16,17)15-8-10-5-7-18-9-10/h3-4,6,10,13,15H,2,5,7-9H2,1H3. The molecule has 0 amide bonds. The van der Waals surface area contributed by atoms with Crippen LogP contribution in [0.1, 0.15) is 13.3 Å². The molecule has 2 rings (SSSR count). The Morgan fingerprint density at radius 2 is 2.37 bits per heavy atom. The molecule has 1 aliphatic rings. The van der Waals surface area contributed by atoms with E-state index >= 15 is 0 Å². The van der Waals surface area contributed by atoms with Crippen LogP contribution in [-0.4, -0.2) is 38.0 Å². The van der Waals surface area contributed by atoms with E-state index in [4.69, 9.17) is 0 Å². The van der Waals surface area contributed by atoms with Gasteiger partial charge in [0.05, 0.1) is 5.69 Å². The summed E-state index contributed by atoms with van der Waals surface area (Å²) in [5.74, 6) is 2.59. The molecule has 7 heteroatoms. The molecule has 1 saturated heterocycles. The van der Waals surface area contributed by atoms with Crippen molar-refractivity contribution in [2.24, 2.45) is 5.92 Å². The van der Waals surface area contributed by atoms with Crippen molar-refractivity contribution in [2.75, 3.05) is 29.9 Å². The lowest BCUT2D eigenvalue weighted by Crippen LogP contribution is -2.30. The van der Waals surface area contributed by atoms with Crippen LogP contribution < -0.4 is 10.0 Å². The molecule has 106 valence electrons. The van der Waals surface area contributed by atoms with Gasteiger partial charge in [0.1, 0.15) is 0 Å². The Bertz CT molecular complexity index is 513. The third-order valence-electron chi connectivity index (χ3n) is 2.98. The maximum absolute atomic E-state index is 12.3. The van der Waals surface area contributed by atoms with Gasteiger partial charge in [0, 0.05) is 19.3 Å². The second kappa shape index (κ2) is 6.58. The molecule has 2 heterocycles. The minimum Gasteiger partial charge on any atom is -0.383 e. The van der Waals surface area contributed by atoms with Gasteiger partial charge in [-0.15, -0.1) is 0 Å². The Kier molecular flexibility index (Phi) is 5.06. The molecular weight excluding hydrogens is 282 g/mol. The highest BCUT2D eigenvalue weighted by Gasteiger charge is 2.23. The number of hydrogen-bond donors (Lipinski definition) is 2. The van der Waals surface area contributed by atoms with Crippen LogP contribution in [0.4, 0.5) is 5.69 Å². The number of aromatic nitrogens is 1. The van der Waals surface area contributed by atoms with Gasteiger partial charge in [-0.3, -0.25) is 0 Å². The summed E-state index contributed by atoms with van der Waals surface area (Å²) in [5, 5.41) is 3.11. The van der Waals surface area contributed by atoms with Crippen LogP contribution in [0.25, 0.3) is 0 Å². The fourth-order valence-electron chi connectivity index (χ4n) is 1.97. The quantitative estimate of drug-likeness (QED) is 0.834. The molecule has 2 N–H and O–H groups in total. The van der Waals surface area contributed by atoms with E-state index < -0.39 is 10.0 Å². The topological polar surface area (TPSA) is 71.1 Å². The lowest BCUT2D eigenvalue weighted by Gasteiger charge is -2.13. The highest BCUT2D eigenvalue weighted by atomic mass is 32.2. The number of nitrogens with zero attached hydrogens (tertiary/aromatic N) is 1. The van der Waals surface area contributed by atoms with Gasteiger partial charge in [-0.1, -0.05) is 0 Å². The summed E-state index contributed by atoms with van der Waals surface area (Å²) in [4.78, 5) is 4.00. The molecular formula is C12H19N3O2S2. The summed E-state index contributed by atoms with van der Waals surface area (Å²) in [6.07, 6.45) is 2.58. The van der Waals surface area contributed by atoms with Crippen molar-refractivity contribution in [1.29, 1.82) is 0 Å². The number of pyridine rings is 1. The zero-order valence-electron chi connectivity index (χ0n) is 10.9. The van der Waals surface area contributed by atoms with Crippen LogP contribution in [0.3, 0.4) is 0 Å². The van der Waals surface area contributed by atoms with E-state index in [1.165, 1.54) is 6.20 Å². The first-order chi connectivity index (χ1) is 9.13. The zero-order chi connectivity index (χ0) is 13.7. The summed E-state index contributed by atoms with van der Waals surface area (Å²) in [6, 6.07) is 3.46. The Balaban J connectivity index is 2.09. The lowest BCUT2D eigenvalue weighted by molar-refractivity contribution is 0.543. The zero-order valence-corrected chi connectivity index (χ0v) is 12.6. The Hall–Kier alpha value is -0.790. The van der Waals surface area contributed by atoms with Crippen molar-refractivity contribution in [2.45, 2.75) is 18.4 Å². The fraction of sp³-hybridized carbons (Fsp3) is 0.583. The van der Waals surface area contributed by atoms with E-state index in [2.05, 4.69) is 15.0 Å². The first-order valence-corrected chi connectivity index (χ1v) is 9.03. The number of sulfonamides is 1. The second-order valence-electron chi connectivity index (χ2n) is 4.47. The number of anilines is 1. The normalized spacial score (nSPS) is 19.5. The van der Waals surface area contributed by atoms with Gasteiger partial charge in [0.15, 0.2) is 5.03 Å². The number of nitrogens with one attached hydrogen (secondary N) is 2. The predicted octanol–water partition coefficient (Wildman–Crippen LogP) is 1.54. The number of thioether (sulfide) groups is 1. The summed E-state index contributed by atoms with van der Waals surface area (Å²) in [7, 11) is -3.53. The average molecular weight is 301 g/mol. The lowest BCUT2D eigenvalue weighted by atomic mass is 10.1. The minimum atomic E-state index is -3.53. The van der Waals surface area contributed by atoms with Crippen LogP contribution in [0, 0.1) is 5.92 Å². The van der Waals surface area contributed by atoms with Gasteiger partial charge in [0.25, 0.3) is 10.0 Å². The molecule has 1 aromatic heterocycles. The molecule has 5 nitrogen and oxygen atoms in total. The van der Waals surface area contributed by atoms with E-state index in [1.807, 2.05) is 18.7 Å². The SMILES string of the molecule is CCNc1cccnc1S(=O)(=O)NCC1CCSC1. The molecule has 0 spiro atoms. The maximum atomic E-state index is 12.3. The van der Waals surface area contributed by atoms with Gasteiger partial charge in [-0.05, 0) is 42.9 Å². The van der Waals surface area contributed by atoms with Gasteiger partial charge >= 0.3 is 0 Å². The van der Waals surface area contributed by atoms with E-state index in [1.54, 1.807) is 12.1 Å². The maximum Gasteiger partial charge on any atom is 0.260 e. The summed E-state index contributed by atoms with van der Waals surface area (Å²) >= 11 is 1.88. The first kappa shape index (κ1) is 14.6. The van der Waals surface area contributed by atoms with Crippen LogP contribution in [0.5, 0.6) is 0 Å². The third-order valence-corrected chi connectivity index (χ3v) is 5.59. The van der Waals surface area contributed by atoms with Gasteiger partial charge in [0.2, 0.25) is 0 Å². The molecule has 0 bridgehead atoms. The Morgan fingerprint density at radius 1 is 1.53 bits per heavy atom. The summed E-state index contributed by atoms with van der Waals surface area (Å²) in [6.45, 7) is 3.08. The van der Waals surface area contributed by atoms with Crippen molar-refractivity contribution < 1.29 is 8.42 Å². The molecule has 1 aromatic rings. The van der Waals surface area contributed by atoms with Gasteiger partial charge in [-0.2, -0.15) is 11.8 Å². The van der Waals surface area contributed by atoms with Crippen molar-refractivity contribution in [3.63, 3.8) is 0 Å². The molecule has 0 aliphatic carbocycles. The monoisotopic (exact) mass is 301 g/mol. The average Bonchev–Trinajstić information content (AvgIpc) is 2.91.